The van der Waals surface area contributed by atoms with Crippen LogP contribution < -0.4 is 24.1 Å². The molecule has 0 atom stereocenters. The van der Waals surface area contributed by atoms with Crippen molar-refractivity contribution in [3.63, 3.8) is 0 Å². The minimum atomic E-state index is 0. The van der Waals surface area contributed by atoms with E-state index in [1.165, 1.54) is 0 Å². The standard InChI is InChI=1S/C7H17ClN.ClH.H4N2/c1-7(2,6-8)9(3,4)5;;1-2/h6H2,1-5H3;1H;1-2H2/q+1;;/p-1. The minimum absolute atomic E-state index is 0. The molecular weight excluding hydrogens is 197 g/mol. The van der Waals surface area contributed by atoms with E-state index < -0.39 is 0 Å². The van der Waals surface area contributed by atoms with Crippen LogP contribution in [0.15, 0.2) is 0 Å². The van der Waals surface area contributed by atoms with Gasteiger partial charge in [-0.3, -0.25) is 11.7 Å². The highest BCUT2D eigenvalue weighted by Gasteiger charge is 2.31. The predicted molar refractivity (Wildman–Crippen MR) is 51.2 cm³/mol. The second-order valence-electron chi connectivity index (χ2n) is 3.96. The first-order valence-corrected chi connectivity index (χ1v) is 4.05. The molecule has 0 unspecified atom stereocenters. The summed E-state index contributed by atoms with van der Waals surface area (Å²) in [7, 11) is 6.47. The Balaban J connectivity index is -0.000000249. The molecule has 0 rings (SSSR count). The van der Waals surface area contributed by atoms with Crippen LogP contribution in [0, 0.1) is 0 Å². The van der Waals surface area contributed by atoms with Gasteiger partial charge in [0.15, 0.2) is 0 Å². The van der Waals surface area contributed by atoms with E-state index in [-0.39, 0.29) is 17.9 Å². The van der Waals surface area contributed by atoms with Gasteiger partial charge >= 0.3 is 0 Å². The smallest absolute Gasteiger partial charge is 0.107 e. The molecule has 5 heteroatoms. The van der Waals surface area contributed by atoms with Crippen LogP contribution in [-0.2, 0) is 0 Å². The topological polar surface area (TPSA) is 52.0 Å². The largest absolute Gasteiger partial charge is 1.00 e. The number of nitrogens with two attached hydrogens (primary N) is 2. The lowest BCUT2D eigenvalue weighted by Crippen LogP contribution is -3.00. The summed E-state index contributed by atoms with van der Waals surface area (Å²) in [6.07, 6.45) is 0. The summed E-state index contributed by atoms with van der Waals surface area (Å²) in [6.45, 7) is 4.33. The molecule has 0 aliphatic carbocycles. The number of quaternary nitrogens is 1. The van der Waals surface area contributed by atoms with Crippen molar-refractivity contribution in [2.45, 2.75) is 19.4 Å². The van der Waals surface area contributed by atoms with E-state index in [4.69, 9.17) is 11.6 Å². The van der Waals surface area contributed by atoms with Crippen molar-refractivity contribution < 1.29 is 16.9 Å². The van der Waals surface area contributed by atoms with Crippen molar-refractivity contribution in [1.82, 2.24) is 0 Å². The maximum Gasteiger partial charge on any atom is 0.107 e. The Bertz CT molecular complexity index is 99.3. The molecule has 0 aromatic carbocycles. The van der Waals surface area contributed by atoms with Crippen molar-refractivity contribution in [2.24, 2.45) is 11.7 Å². The van der Waals surface area contributed by atoms with Crippen LogP contribution in [0.5, 0.6) is 0 Å². The fourth-order valence-corrected chi connectivity index (χ4v) is 0.538. The number of alkyl halides is 1. The Morgan fingerprint density at radius 2 is 1.42 bits per heavy atom. The van der Waals surface area contributed by atoms with Crippen molar-refractivity contribution >= 4 is 11.6 Å². The maximum atomic E-state index is 5.76. The summed E-state index contributed by atoms with van der Waals surface area (Å²) in [6, 6.07) is 0. The molecule has 0 radical (unpaired) electrons. The van der Waals surface area contributed by atoms with Crippen molar-refractivity contribution in [3.8, 4) is 0 Å². The lowest BCUT2D eigenvalue weighted by atomic mass is 10.1. The SMILES string of the molecule is CC(C)(CCl)[N+](C)(C)C.NN.[Cl-]. The number of hydrogen-bond acceptors (Lipinski definition) is 2. The normalized spacial score (nSPS) is 11.0. The van der Waals surface area contributed by atoms with Crippen LogP contribution in [0.4, 0.5) is 0 Å². The van der Waals surface area contributed by atoms with Crippen molar-refractivity contribution in [1.29, 1.82) is 0 Å². The van der Waals surface area contributed by atoms with Crippen LogP contribution >= 0.6 is 11.6 Å². The van der Waals surface area contributed by atoms with E-state index in [2.05, 4.69) is 46.7 Å². The van der Waals surface area contributed by atoms with Crippen molar-refractivity contribution in [3.05, 3.63) is 0 Å². The Hall–Kier alpha value is 0.460. The number of rotatable bonds is 2. The zero-order valence-electron chi connectivity index (χ0n) is 8.56. The summed E-state index contributed by atoms with van der Waals surface area (Å²) in [5.41, 5.74) is 0.182. The average molecular weight is 218 g/mol. The van der Waals surface area contributed by atoms with Gasteiger partial charge in [0, 0.05) is 0 Å². The van der Waals surface area contributed by atoms with Gasteiger partial charge in [0.25, 0.3) is 0 Å². The molecule has 0 bridgehead atoms. The number of hydrazine groups is 1. The Morgan fingerprint density at radius 1 is 1.17 bits per heavy atom. The zero-order valence-corrected chi connectivity index (χ0v) is 10.1. The van der Waals surface area contributed by atoms with Crippen LogP contribution in [0.3, 0.4) is 0 Å². The molecule has 12 heavy (non-hydrogen) atoms. The van der Waals surface area contributed by atoms with Gasteiger partial charge in [0.05, 0.1) is 27.0 Å². The maximum absolute atomic E-state index is 5.76. The molecule has 0 saturated carbocycles. The van der Waals surface area contributed by atoms with Crippen molar-refractivity contribution in [2.75, 3.05) is 27.0 Å². The molecule has 0 heterocycles. The monoisotopic (exact) mass is 217 g/mol. The first kappa shape index (κ1) is 18.3. The third-order valence-corrected chi connectivity index (χ3v) is 2.80. The fourth-order valence-electron chi connectivity index (χ4n) is 0.179. The summed E-state index contributed by atoms with van der Waals surface area (Å²) in [4.78, 5) is 0. The lowest BCUT2D eigenvalue weighted by molar-refractivity contribution is -0.916. The summed E-state index contributed by atoms with van der Waals surface area (Å²) < 4.78 is 0.913. The number of nitrogens with zero attached hydrogens (tertiary/aromatic N) is 1. The molecule has 0 aromatic heterocycles. The van der Waals surface area contributed by atoms with E-state index in [9.17, 15) is 0 Å². The first-order chi connectivity index (χ1) is 4.81. The van der Waals surface area contributed by atoms with Crippen LogP contribution in [0.1, 0.15) is 13.8 Å². The minimum Gasteiger partial charge on any atom is -1.00 e. The number of hydrogen-bond donors (Lipinski definition) is 2. The second kappa shape index (κ2) is 6.92. The molecule has 0 aliphatic rings. The molecule has 3 nitrogen and oxygen atoms in total. The highest BCUT2D eigenvalue weighted by Crippen LogP contribution is 2.18. The van der Waals surface area contributed by atoms with Crippen LogP contribution in [0.2, 0.25) is 0 Å². The van der Waals surface area contributed by atoms with Gasteiger partial charge in [-0.1, -0.05) is 0 Å². The molecule has 0 fully saturated rings. The van der Waals surface area contributed by atoms with E-state index in [0.29, 0.717) is 5.88 Å². The van der Waals surface area contributed by atoms with E-state index in [1.807, 2.05) is 0 Å². The summed E-state index contributed by atoms with van der Waals surface area (Å²) >= 11 is 5.76. The third-order valence-electron chi connectivity index (χ3n) is 2.14. The average Bonchev–Trinajstić information content (AvgIpc) is 1.90. The fraction of sp³-hybridized carbons (Fsp3) is 1.00. The Morgan fingerprint density at radius 3 is 1.42 bits per heavy atom. The van der Waals surface area contributed by atoms with Crippen LogP contribution in [0.25, 0.3) is 0 Å². The van der Waals surface area contributed by atoms with E-state index in [0.717, 1.165) is 4.48 Å². The molecule has 78 valence electrons. The lowest BCUT2D eigenvalue weighted by Gasteiger charge is -2.39. The van der Waals surface area contributed by atoms with Gasteiger partial charge in [0.1, 0.15) is 5.54 Å². The summed E-state index contributed by atoms with van der Waals surface area (Å²) in [5, 5.41) is 0. The van der Waals surface area contributed by atoms with Gasteiger partial charge in [-0.15, -0.1) is 11.6 Å². The van der Waals surface area contributed by atoms with Gasteiger partial charge in [-0.05, 0) is 13.8 Å². The van der Waals surface area contributed by atoms with Crippen LogP contribution in [-0.4, -0.2) is 37.0 Å². The van der Waals surface area contributed by atoms with E-state index >= 15 is 0 Å². The highest BCUT2D eigenvalue weighted by atomic mass is 35.5. The molecule has 4 N–H and O–H groups in total. The Labute approximate surface area is 87.0 Å². The predicted octanol–water partition coefficient (Wildman–Crippen LogP) is -2.47. The molecular formula is C7H21Cl2N3. The van der Waals surface area contributed by atoms with Gasteiger partial charge in [0.2, 0.25) is 0 Å². The van der Waals surface area contributed by atoms with Gasteiger partial charge < -0.3 is 16.9 Å². The van der Waals surface area contributed by atoms with Gasteiger partial charge in [-0.25, -0.2) is 0 Å². The summed E-state index contributed by atoms with van der Waals surface area (Å²) in [5.74, 6) is 8.70. The Kier molecular flexibility index (Phi) is 10.5. The molecule has 0 saturated heterocycles. The molecule has 0 aliphatic heterocycles. The van der Waals surface area contributed by atoms with E-state index in [1.54, 1.807) is 0 Å². The molecule has 0 amide bonds. The number of halogens is 2. The second-order valence-corrected chi connectivity index (χ2v) is 4.23. The van der Waals surface area contributed by atoms with Gasteiger partial charge in [-0.2, -0.15) is 0 Å². The molecule has 0 spiro atoms. The third kappa shape index (κ3) is 6.03. The first-order valence-electron chi connectivity index (χ1n) is 3.52. The quantitative estimate of drug-likeness (QED) is 0.234. The highest BCUT2D eigenvalue weighted by molar-refractivity contribution is 6.18. The zero-order chi connectivity index (χ0) is 9.71. The molecule has 0 aromatic rings.